The summed E-state index contributed by atoms with van der Waals surface area (Å²) >= 11 is 6.12. The molecule has 1 aromatic rings. The van der Waals surface area contributed by atoms with Gasteiger partial charge in [0.05, 0.1) is 37.3 Å². The summed E-state index contributed by atoms with van der Waals surface area (Å²) in [5, 5.41) is 8.56. The van der Waals surface area contributed by atoms with E-state index in [1.54, 1.807) is 40.1 Å². The number of hydrogen-bond acceptors (Lipinski definition) is 10. The zero-order chi connectivity index (χ0) is 32.7. The minimum Gasteiger partial charge on any atom is -0.495 e. The smallest absolute Gasteiger partial charge is 0.412 e. The Morgan fingerprint density at radius 3 is 2.61 bits per heavy atom. The number of alkyl carbamates (subject to hydrolysis) is 1. The van der Waals surface area contributed by atoms with Gasteiger partial charge in [-0.3, -0.25) is 14.9 Å². The topological polar surface area (TPSA) is 146 Å². The summed E-state index contributed by atoms with van der Waals surface area (Å²) in [6.45, 7) is 7.28. The number of nitrogens with one attached hydrogen (secondary N) is 3. The molecule has 2 aliphatic heterocycles. The number of ether oxygens (including phenoxy) is 6. The SMILES string of the molecule is CNC(=O)CC(OC(=O)C(C)NC)C1(C)OC1C(C)C1CC(OC)(O/C=C/C=C(\C)Cc2ccc(Cl)c(OC)c2)NC(=O)O1. The van der Waals surface area contributed by atoms with E-state index < -0.39 is 47.9 Å². The standard InChI is InChI=1S/C31H44ClN3O9/c1-18(14-21-11-12-22(32)23(15-21)39-7)10-9-13-41-31(40-8)17-24(42-29(38)35-31)19(2)27-30(4,44-27)25(16-26(36)34-6)43-28(37)20(3)33-5/h9-13,15,19-20,24-25,27,33H,14,16-17H2,1-8H3,(H,34,36)(H,35,38)/b13-9+,18-10+. The van der Waals surface area contributed by atoms with E-state index in [0.29, 0.717) is 17.2 Å². The van der Waals surface area contributed by atoms with Crippen LogP contribution in [0, 0.1) is 5.92 Å². The Labute approximate surface area is 263 Å². The predicted octanol–water partition coefficient (Wildman–Crippen LogP) is 3.62. The Kier molecular flexibility index (Phi) is 12.1. The molecule has 1 aromatic carbocycles. The van der Waals surface area contributed by atoms with Gasteiger partial charge in [-0.2, -0.15) is 0 Å². The van der Waals surface area contributed by atoms with Crippen LogP contribution >= 0.6 is 11.6 Å². The van der Waals surface area contributed by atoms with E-state index in [2.05, 4.69) is 16.0 Å². The number of rotatable bonds is 15. The van der Waals surface area contributed by atoms with Crippen molar-refractivity contribution in [3.63, 3.8) is 0 Å². The molecule has 0 bridgehead atoms. The molecule has 0 aliphatic carbocycles. The quantitative estimate of drug-likeness (QED) is 0.0857. The van der Waals surface area contributed by atoms with E-state index in [0.717, 1.165) is 11.1 Å². The zero-order valence-electron chi connectivity index (χ0n) is 26.5. The third-order valence-corrected chi connectivity index (χ3v) is 8.37. The molecule has 7 unspecified atom stereocenters. The normalized spacial score (nSPS) is 27.0. The monoisotopic (exact) mass is 637 g/mol. The van der Waals surface area contributed by atoms with Gasteiger partial charge < -0.3 is 39.1 Å². The predicted molar refractivity (Wildman–Crippen MR) is 163 cm³/mol. The van der Waals surface area contributed by atoms with Crippen LogP contribution < -0.4 is 20.7 Å². The fraction of sp³-hybridized carbons (Fsp3) is 0.581. The first-order valence-electron chi connectivity index (χ1n) is 14.4. The highest BCUT2D eigenvalue weighted by molar-refractivity contribution is 6.32. The maximum atomic E-state index is 12.6. The van der Waals surface area contributed by atoms with Crippen LogP contribution in [0.2, 0.25) is 5.02 Å². The van der Waals surface area contributed by atoms with Gasteiger partial charge >= 0.3 is 12.1 Å². The number of benzene rings is 1. The highest BCUT2D eigenvalue weighted by atomic mass is 35.5. The largest absolute Gasteiger partial charge is 0.495 e. The summed E-state index contributed by atoms with van der Waals surface area (Å²) in [6.07, 6.45) is 3.05. The van der Waals surface area contributed by atoms with Crippen LogP contribution in [0.4, 0.5) is 4.79 Å². The zero-order valence-corrected chi connectivity index (χ0v) is 27.3. The van der Waals surface area contributed by atoms with Gasteiger partial charge in [-0.05, 0) is 58.0 Å². The fourth-order valence-electron chi connectivity index (χ4n) is 5.10. The first-order valence-corrected chi connectivity index (χ1v) is 14.8. The number of carbonyl (C=O) groups is 3. The van der Waals surface area contributed by atoms with Crippen LogP contribution in [-0.4, -0.2) is 82.2 Å². The molecule has 13 heteroatoms. The molecule has 3 rings (SSSR count). The van der Waals surface area contributed by atoms with Crippen LogP contribution in [0.15, 0.2) is 42.2 Å². The van der Waals surface area contributed by atoms with Crippen molar-refractivity contribution in [2.24, 2.45) is 5.92 Å². The molecule has 44 heavy (non-hydrogen) atoms. The maximum Gasteiger partial charge on any atom is 0.412 e. The summed E-state index contributed by atoms with van der Waals surface area (Å²) in [4.78, 5) is 37.5. The van der Waals surface area contributed by atoms with Crippen LogP contribution in [0.1, 0.15) is 46.1 Å². The van der Waals surface area contributed by atoms with Crippen molar-refractivity contribution in [1.82, 2.24) is 16.0 Å². The van der Waals surface area contributed by atoms with Crippen molar-refractivity contribution >= 4 is 29.6 Å². The van der Waals surface area contributed by atoms with Crippen molar-refractivity contribution in [3.05, 3.63) is 52.8 Å². The second-order valence-corrected chi connectivity index (χ2v) is 11.6. The average molecular weight is 638 g/mol. The lowest BCUT2D eigenvalue weighted by Crippen LogP contribution is -2.60. The molecular formula is C31H44ClN3O9. The second kappa shape index (κ2) is 15.1. The first kappa shape index (κ1) is 35.2. The lowest BCUT2D eigenvalue weighted by molar-refractivity contribution is -0.241. The molecule has 0 radical (unpaired) electrons. The molecule has 2 heterocycles. The summed E-state index contributed by atoms with van der Waals surface area (Å²) < 4.78 is 34.2. The van der Waals surface area contributed by atoms with Gasteiger partial charge in [-0.15, -0.1) is 0 Å². The van der Waals surface area contributed by atoms with Crippen molar-refractivity contribution in [3.8, 4) is 5.75 Å². The molecule has 12 nitrogen and oxygen atoms in total. The van der Waals surface area contributed by atoms with Gasteiger partial charge in [0, 0.05) is 20.1 Å². The highest BCUT2D eigenvalue weighted by Gasteiger charge is 2.64. The molecule has 244 valence electrons. The van der Waals surface area contributed by atoms with Crippen molar-refractivity contribution < 1.29 is 42.8 Å². The number of cyclic esters (lactones) is 1. The van der Waals surface area contributed by atoms with Gasteiger partial charge in [0.25, 0.3) is 5.91 Å². The molecule has 0 saturated carbocycles. The molecule has 7 atom stereocenters. The van der Waals surface area contributed by atoms with E-state index >= 15 is 0 Å². The van der Waals surface area contributed by atoms with Gasteiger partial charge in [-0.25, -0.2) is 4.79 Å². The Balaban J connectivity index is 1.67. The molecule has 2 amide bonds. The number of halogens is 1. The summed E-state index contributed by atoms with van der Waals surface area (Å²) in [5.74, 6) is -2.04. The van der Waals surface area contributed by atoms with Crippen LogP contribution in [0.5, 0.6) is 5.75 Å². The van der Waals surface area contributed by atoms with E-state index in [1.165, 1.54) is 20.4 Å². The lowest BCUT2D eigenvalue weighted by Gasteiger charge is -2.40. The minimum absolute atomic E-state index is 0.0845. The molecule has 2 aliphatic rings. The molecular weight excluding hydrogens is 594 g/mol. The van der Waals surface area contributed by atoms with Crippen LogP contribution in [-0.2, 0) is 39.7 Å². The number of likely N-dealkylation sites (N-methyl/N-ethyl adjacent to an activating group) is 1. The van der Waals surface area contributed by atoms with E-state index in [9.17, 15) is 14.4 Å². The Hall–Kier alpha value is -3.32. The molecule has 0 aromatic heterocycles. The summed E-state index contributed by atoms with van der Waals surface area (Å²) in [5.41, 5.74) is 1.11. The lowest BCUT2D eigenvalue weighted by atomic mass is 9.86. The number of methoxy groups -OCH3 is 2. The number of carbonyl (C=O) groups excluding carboxylic acids is 3. The molecule has 2 fully saturated rings. The summed E-state index contributed by atoms with van der Waals surface area (Å²) in [6, 6.07) is 5.05. The second-order valence-electron chi connectivity index (χ2n) is 11.2. The summed E-state index contributed by atoms with van der Waals surface area (Å²) in [7, 11) is 6.15. The van der Waals surface area contributed by atoms with E-state index in [4.69, 9.17) is 40.0 Å². The first-order chi connectivity index (χ1) is 20.8. The number of amides is 2. The van der Waals surface area contributed by atoms with Gasteiger partial charge in [0.1, 0.15) is 29.6 Å². The van der Waals surface area contributed by atoms with Gasteiger partial charge in [0.2, 0.25) is 5.91 Å². The third-order valence-electron chi connectivity index (χ3n) is 8.05. The number of epoxide rings is 1. The van der Waals surface area contributed by atoms with Crippen LogP contribution in [0.25, 0.3) is 0 Å². The molecule has 3 N–H and O–H groups in total. The van der Waals surface area contributed by atoms with Crippen molar-refractivity contribution in [2.75, 3.05) is 28.3 Å². The Morgan fingerprint density at radius 1 is 1.25 bits per heavy atom. The van der Waals surface area contributed by atoms with Gasteiger partial charge in [-0.1, -0.05) is 36.2 Å². The number of hydrogen-bond donors (Lipinski definition) is 3. The molecule has 2 saturated heterocycles. The highest BCUT2D eigenvalue weighted by Crippen LogP contribution is 2.48. The maximum absolute atomic E-state index is 12.6. The van der Waals surface area contributed by atoms with Crippen molar-refractivity contribution in [1.29, 1.82) is 0 Å². The Bertz CT molecular complexity index is 1260. The molecule has 0 spiro atoms. The minimum atomic E-state index is -1.49. The van der Waals surface area contributed by atoms with Crippen molar-refractivity contribution in [2.45, 2.75) is 82.8 Å². The number of esters is 1. The Morgan fingerprint density at radius 2 is 1.98 bits per heavy atom. The van der Waals surface area contributed by atoms with Crippen LogP contribution in [0.3, 0.4) is 0 Å². The number of allylic oxidation sites excluding steroid dienone is 3. The fourth-order valence-corrected chi connectivity index (χ4v) is 5.29. The van der Waals surface area contributed by atoms with Gasteiger partial charge in [0.15, 0.2) is 0 Å². The van der Waals surface area contributed by atoms with E-state index in [-0.39, 0.29) is 24.7 Å². The van der Waals surface area contributed by atoms with E-state index in [1.807, 2.05) is 32.1 Å². The average Bonchev–Trinajstić information content (AvgIpc) is 3.70. The third kappa shape index (κ3) is 8.65.